The fourth-order valence-electron chi connectivity index (χ4n) is 4.66. The summed E-state index contributed by atoms with van der Waals surface area (Å²) in [4.78, 5) is 5.08. The Morgan fingerprint density at radius 1 is 0.912 bits per heavy atom. The molecule has 5 rings (SSSR count). The highest BCUT2D eigenvalue weighted by Gasteiger charge is 2.23. The predicted octanol–water partition coefficient (Wildman–Crippen LogP) is 6.34. The summed E-state index contributed by atoms with van der Waals surface area (Å²) in [5, 5.41) is 3.81. The Hall–Kier alpha value is -3.67. The zero-order valence-electron chi connectivity index (χ0n) is 19.8. The lowest BCUT2D eigenvalue weighted by atomic mass is 9.95. The van der Waals surface area contributed by atoms with Crippen molar-refractivity contribution in [2.45, 2.75) is 44.8 Å². The van der Waals surface area contributed by atoms with Crippen LogP contribution in [0, 0.1) is 0 Å². The molecule has 0 aliphatic heterocycles. The average Bonchev–Trinajstić information content (AvgIpc) is 3.27. The van der Waals surface area contributed by atoms with Crippen LogP contribution in [0.1, 0.15) is 37.7 Å². The Labute approximate surface area is 200 Å². The molecular weight excluding hydrogens is 426 g/mol. The standard InChI is InChI=1S/C28H31N3O3/c1-32-22-15-16-24(33-2)23(18-22)26-28(29-21-12-7-4-8-13-21)31-17-9-14-25(27(31)30-26)34-19-20-10-5-3-6-11-20/h3,5-6,9-11,14-18,21,29H,4,7-8,12-13,19H2,1-2H3. The van der Waals surface area contributed by atoms with E-state index < -0.39 is 0 Å². The molecular formula is C28H31N3O3. The second-order valence-corrected chi connectivity index (χ2v) is 8.69. The first kappa shape index (κ1) is 22.1. The molecule has 1 aliphatic rings. The maximum atomic E-state index is 6.23. The molecule has 0 saturated heterocycles. The number of anilines is 1. The van der Waals surface area contributed by atoms with Gasteiger partial charge in [-0.05, 0) is 48.7 Å². The SMILES string of the molecule is COc1ccc(OC)c(-c2nc3c(OCc4ccccc4)cccn3c2NC2CCCCC2)c1. The lowest BCUT2D eigenvalue weighted by Gasteiger charge is -2.24. The van der Waals surface area contributed by atoms with E-state index in [1.807, 2.05) is 54.7 Å². The number of aromatic nitrogens is 2. The van der Waals surface area contributed by atoms with Gasteiger partial charge < -0.3 is 19.5 Å². The summed E-state index contributed by atoms with van der Waals surface area (Å²) in [6.45, 7) is 0.483. The number of nitrogens with one attached hydrogen (secondary N) is 1. The Balaban J connectivity index is 1.60. The van der Waals surface area contributed by atoms with Crippen LogP contribution in [0.2, 0.25) is 0 Å². The Morgan fingerprint density at radius 2 is 1.74 bits per heavy atom. The molecule has 4 aromatic rings. The molecule has 2 heterocycles. The number of hydrogen-bond acceptors (Lipinski definition) is 5. The van der Waals surface area contributed by atoms with E-state index in [2.05, 4.69) is 21.9 Å². The van der Waals surface area contributed by atoms with Crippen molar-refractivity contribution < 1.29 is 14.2 Å². The van der Waals surface area contributed by atoms with E-state index in [1.54, 1.807) is 14.2 Å². The molecule has 1 fully saturated rings. The summed E-state index contributed by atoms with van der Waals surface area (Å²) in [6.07, 6.45) is 8.16. The number of benzene rings is 2. The Bertz CT molecular complexity index is 1250. The van der Waals surface area contributed by atoms with Gasteiger partial charge in [0.25, 0.3) is 0 Å². The molecule has 0 bridgehead atoms. The van der Waals surface area contributed by atoms with E-state index in [9.17, 15) is 0 Å². The summed E-state index contributed by atoms with van der Waals surface area (Å²) in [5.74, 6) is 3.21. The highest BCUT2D eigenvalue weighted by molar-refractivity contribution is 5.82. The summed E-state index contributed by atoms with van der Waals surface area (Å²) in [5.41, 5.74) is 3.61. The topological polar surface area (TPSA) is 57.0 Å². The van der Waals surface area contributed by atoms with Gasteiger partial charge in [-0.15, -0.1) is 0 Å². The summed E-state index contributed by atoms with van der Waals surface area (Å²) in [6, 6.07) is 20.4. The molecule has 0 amide bonds. The molecule has 6 nitrogen and oxygen atoms in total. The number of imidazole rings is 1. The second-order valence-electron chi connectivity index (χ2n) is 8.69. The Kier molecular flexibility index (Phi) is 6.56. The minimum atomic E-state index is 0.415. The first-order chi connectivity index (χ1) is 16.8. The van der Waals surface area contributed by atoms with Gasteiger partial charge in [-0.1, -0.05) is 49.6 Å². The fraction of sp³-hybridized carbons (Fsp3) is 0.321. The van der Waals surface area contributed by atoms with Gasteiger partial charge in [0, 0.05) is 17.8 Å². The highest BCUT2D eigenvalue weighted by Crippen LogP contribution is 2.40. The van der Waals surface area contributed by atoms with Gasteiger partial charge in [0.15, 0.2) is 11.4 Å². The number of hydrogen-bond donors (Lipinski definition) is 1. The maximum absolute atomic E-state index is 6.23. The van der Waals surface area contributed by atoms with E-state index >= 15 is 0 Å². The normalized spacial score (nSPS) is 14.2. The van der Waals surface area contributed by atoms with Crippen molar-refractivity contribution in [1.82, 2.24) is 9.38 Å². The number of methoxy groups -OCH3 is 2. The second kappa shape index (κ2) is 10.1. The lowest BCUT2D eigenvalue weighted by Crippen LogP contribution is -2.23. The van der Waals surface area contributed by atoms with Crippen LogP contribution in [0.15, 0.2) is 66.9 Å². The van der Waals surface area contributed by atoms with E-state index in [4.69, 9.17) is 19.2 Å². The summed E-state index contributed by atoms with van der Waals surface area (Å²) < 4.78 is 19.6. The predicted molar refractivity (Wildman–Crippen MR) is 135 cm³/mol. The maximum Gasteiger partial charge on any atom is 0.181 e. The van der Waals surface area contributed by atoms with E-state index in [0.29, 0.717) is 12.6 Å². The van der Waals surface area contributed by atoms with Gasteiger partial charge >= 0.3 is 0 Å². The minimum Gasteiger partial charge on any atom is -0.497 e. The van der Waals surface area contributed by atoms with Crippen LogP contribution in [0.25, 0.3) is 16.9 Å². The molecule has 34 heavy (non-hydrogen) atoms. The largest absolute Gasteiger partial charge is 0.497 e. The van der Waals surface area contributed by atoms with Crippen molar-refractivity contribution in [2.75, 3.05) is 19.5 Å². The zero-order valence-corrected chi connectivity index (χ0v) is 19.8. The van der Waals surface area contributed by atoms with Crippen molar-refractivity contribution in [3.05, 3.63) is 72.4 Å². The molecule has 176 valence electrons. The van der Waals surface area contributed by atoms with Crippen molar-refractivity contribution in [2.24, 2.45) is 0 Å². The molecule has 6 heteroatoms. The number of rotatable bonds is 8. The van der Waals surface area contributed by atoms with Crippen LogP contribution in [0.4, 0.5) is 5.82 Å². The third kappa shape index (κ3) is 4.53. The number of pyridine rings is 1. The van der Waals surface area contributed by atoms with Gasteiger partial charge in [-0.25, -0.2) is 4.98 Å². The monoisotopic (exact) mass is 457 g/mol. The molecule has 0 radical (unpaired) electrons. The van der Waals surface area contributed by atoms with Crippen molar-refractivity contribution in [3.63, 3.8) is 0 Å². The quantitative estimate of drug-likeness (QED) is 0.334. The smallest absolute Gasteiger partial charge is 0.181 e. The van der Waals surface area contributed by atoms with E-state index in [0.717, 1.165) is 58.4 Å². The van der Waals surface area contributed by atoms with Crippen LogP contribution in [0.5, 0.6) is 17.2 Å². The average molecular weight is 458 g/mol. The van der Waals surface area contributed by atoms with Crippen LogP contribution in [0.3, 0.4) is 0 Å². The molecule has 2 aromatic heterocycles. The molecule has 0 atom stereocenters. The first-order valence-electron chi connectivity index (χ1n) is 11.9. The summed E-state index contributed by atoms with van der Waals surface area (Å²) in [7, 11) is 3.36. The zero-order chi connectivity index (χ0) is 23.3. The van der Waals surface area contributed by atoms with Gasteiger partial charge in [0.2, 0.25) is 0 Å². The number of ether oxygens (including phenoxy) is 3. The van der Waals surface area contributed by atoms with E-state index in [-0.39, 0.29) is 0 Å². The van der Waals surface area contributed by atoms with Crippen LogP contribution >= 0.6 is 0 Å². The van der Waals surface area contributed by atoms with Crippen molar-refractivity contribution in [1.29, 1.82) is 0 Å². The highest BCUT2D eigenvalue weighted by atomic mass is 16.5. The van der Waals surface area contributed by atoms with Gasteiger partial charge in [0.05, 0.1) is 14.2 Å². The van der Waals surface area contributed by atoms with Gasteiger partial charge in [-0.3, -0.25) is 4.40 Å². The molecule has 0 spiro atoms. The van der Waals surface area contributed by atoms with Gasteiger partial charge in [-0.2, -0.15) is 0 Å². The van der Waals surface area contributed by atoms with Crippen LogP contribution in [-0.4, -0.2) is 29.6 Å². The molecule has 1 aliphatic carbocycles. The molecule has 0 unspecified atom stereocenters. The Morgan fingerprint density at radius 3 is 2.50 bits per heavy atom. The lowest BCUT2D eigenvalue weighted by molar-refractivity contribution is 0.308. The van der Waals surface area contributed by atoms with Crippen molar-refractivity contribution in [3.8, 4) is 28.5 Å². The van der Waals surface area contributed by atoms with Gasteiger partial charge in [0.1, 0.15) is 29.6 Å². The van der Waals surface area contributed by atoms with Crippen LogP contribution in [-0.2, 0) is 6.61 Å². The van der Waals surface area contributed by atoms with E-state index in [1.165, 1.54) is 19.3 Å². The summed E-state index contributed by atoms with van der Waals surface area (Å²) >= 11 is 0. The molecule has 1 saturated carbocycles. The minimum absolute atomic E-state index is 0.415. The first-order valence-corrected chi connectivity index (χ1v) is 11.9. The third-order valence-corrected chi connectivity index (χ3v) is 6.46. The van der Waals surface area contributed by atoms with Crippen LogP contribution < -0.4 is 19.5 Å². The number of nitrogens with zero attached hydrogens (tertiary/aromatic N) is 2. The molecule has 1 N–H and O–H groups in total. The van der Waals surface area contributed by atoms with Crippen molar-refractivity contribution >= 4 is 11.5 Å². The third-order valence-electron chi connectivity index (χ3n) is 6.46. The molecule has 2 aromatic carbocycles. The fourth-order valence-corrected chi connectivity index (χ4v) is 4.66. The number of fused-ring (bicyclic) bond motifs is 1.